The van der Waals surface area contributed by atoms with Crippen molar-refractivity contribution in [2.45, 2.75) is 25.6 Å². The van der Waals surface area contributed by atoms with Crippen molar-refractivity contribution < 1.29 is 14.9 Å². The molecule has 2 N–H and O–H groups in total. The number of aromatic nitrogens is 1. The molecule has 1 aliphatic heterocycles. The van der Waals surface area contributed by atoms with Gasteiger partial charge in [-0.05, 0) is 6.92 Å². The number of aliphatic hydroxyl groups excluding tert-OH is 1. The third-order valence-electron chi connectivity index (χ3n) is 2.44. The van der Waals surface area contributed by atoms with Crippen molar-refractivity contribution in [3.8, 4) is 0 Å². The van der Waals surface area contributed by atoms with Gasteiger partial charge in [-0.1, -0.05) is 0 Å². The van der Waals surface area contributed by atoms with Crippen molar-refractivity contribution in [3.05, 3.63) is 15.6 Å². The molecule has 0 saturated carbocycles. The van der Waals surface area contributed by atoms with Gasteiger partial charge in [-0.3, -0.25) is 0 Å². The normalized spacial score (nSPS) is 27.1. The molecule has 2 rings (SSSR count). The Morgan fingerprint density at radius 3 is 2.93 bits per heavy atom. The molecular weight excluding hydrogens is 202 g/mol. The van der Waals surface area contributed by atoms with Gasteiger partial charge in [-0.15, -0.1) is 11.3 Å². The number of thiazole rings is 1. The Bertz CT molecular complexity index is 331. The maximum Gasteiger partial charge on any atom is 0.141 e. The first kappa shape index (κ1) is 10.0. The SMILES string of the molecule is Cc1sc(C2(O)CCOC2)nc1CO. The first-order valence-corrected chi connectivity index (χ1v) is 5.35. The Balaban J connectivity index is 2.31. The Morgan fingerprint density at radius 1 is 1.64 bits per heavy atom. The summed E-state index contributed by atoms with van der Waals surface area (Å²) in [5.74, 6) is 0. The van der Waals surface area contributed by atoms with Crippen LogP contribution in [-0.4, -0.2) is 28.4 Å². The van der Waals surface area contributed by atoms with Crippen LogP contribution in [0.4, 0.5) is 0 Å². The first-order chi connectivity index (χ1) is 6.65. The molecule has 4 nitrogen and oxygen atoms in total. The quantitative estimate of drug-likeness (QED) is 0.756. The van der Waals surface area contributed by atoms with Gasteiger partial charge >= 0.3 is 0 Å². The molecular formula is C9H13NO3S. The van der Waals surface area contributed by atoms with E-state index in [4.69, 9.17) is 9.84 Å². The second-order valence-corrected chi connectivity index (χ2v) is 4.72. The van der Waals surface area contributed by atoms with Crippen LogP contribution in [-0.2, 0) is 16.9 Å². The molecule has 1 aromatic rings. The van der Waals surface area contributed by atoms with E-state index >= 15 is 0 Å². The summed E-state index contributed by atoms with van der Waals surface area (Å²) in [6, 6.07) is 0. The van der Waals surface area contributed by atoms with Crippen molar-refractivity contribution in [2.75, 3.05) is 13.2 Å². The molecule has 5 heteroatoms. The summed E-state index contributed by atoms with van der Waals surface area (Å²) in [5, 5.41) is 19.8. The highest BCUT2D eigenvalue weighted by atomic mass is 32.1. The van der Waals surface area contributed by atoms with E-state index in [2.05, 4.69) is 4.98 Å². The van der Waals surface area contributed by atoms with Crippen LogP contribution in [0.3, 0.4) is 0 Å². The van der Waals surface area contributed by atoms with E-state index in [1.54, 1.807) is 0 Å². The van der Waals surface area contributed by atoms with Crippen molar-refractivity contribution in [1.82, 2.24) is 4.98 Å². The van der Waals surface area contributed by atoms with Crippen LogP contribution in [0, 0.1) is 6.92 Å². The van der Waals surface area contributed by atoms with Crippen LogP contribution < -0.4 is 0 Å². The van der Waals surface area contributed by atoms with Gasteiger partial charge in [0.25, 0.3) is 0 Å². The third kappa shape index (κ3) is 1.56. The third-order valence-corrected chi connectivity index (χ3v) is 3.65. The summed E-state index contributed by atoms with van der Waals surface area (Å²) in [6.07, 6.45) is 0.588. The Morgan fingerprint density at radius 2 is 2.43 bits per heavy atom. The summed E-state index contributed by atoms with van der Waals surface area (Å²) >= 11 is 1.43. The minimum Gasteiger partial charge on any atom is -0.390 e. The summed E-state index contributed by atoms with van der Waals surface area (Å²) in [6.45, 7) is 2.71. The molecule has 0 aromatic carbocycles. The average molecular weight is 215 g/mol. The molecule has 1 aromatic heterocycles. The topological polar surface area (TPSA) is 62.6 Å². The summed E-state index contributed by atoms with van der Waals surface area (Å²) < 4.78 is 5.15. The second-order valence-electron chi connectivity index (χ2n) is 3.51. The zero-order valence-corrected chi connectivity index (χ0v) is 8.80. The number of nitrogens with zero attached hydrogens (tertiary/aromatic N) is 1. The standard InChI is InChI=1S/C9H13NO3S/c1-6-7(4-11)10-8(14-6)9(12)2-3-13-5-9/h11-12H,2-5H2,1H3. The summed E-state index contributed by atoms with van der Waals surface area (Å²) in [7, 11) is 0. The van der Waals surface area contributed by atoms with Gasteiger partial charge in [0.2, 0.25) is 0 Å². The molecule has 0 radical (unpaired) electrons. The molecule has 1 fully saturated rings. The maximum absolute atomic E-state index is 10.1. The highest BCUT2D eigenvalue weighted by molar-refractivity contribution is 7.11. The molecule has 0 amide bonds. The fourth-order valence-corrected chi connectivity index (χ4v) is 2.52. The number of ether oxygens (including phenoxy) is 1. The fraction of sp³-hybridized carbons (Fsp3) is 0.667. The lowest BCUT2D eigenvalue weighted by atomic mass is 10.1. The summed E-state index contributed by atoms with van der Waals surface area (Å²) in [5.41, 5.74) is -0.270. The van der Waals surface area contributed by atoms with Crippen LogP contribution in [0.1, 0.15) is 22.0 Å². The monoisotopic (exact) mass is 215 g/mol. The molecule has 1 aliphatic rings. The van der Waals surface area contributed by atoms with E-state index in [1.165, 1.54) is 11.3 Å². The number of hydrogen-bond acceptors (Lipinski definition) is 5. The summed E-state index contributed by atoms with van der Waals surface area (Å²) in [4.78, 5) is 5.18. The largest absolute Gasteiger partial charge is 0.390 e. The van der Waals surface area contributed by atoms with Crippen molar-refractivity contribution in [1.29, 1.82) is 0 Å². The van der Waals surface area contributed by atoms with Crippen molar-refractivity contribution >= 4 is 11.3 Å². The maximum atomic E-state index is 10.1. The highest BCUT2D eigenvalue weighted by Gasteiger charge is 2.37. The number of hydrogen-bond donors (Lipinski definition) is 2. The lowest BCUT2D eigenvalue weighted by Gasteiger charge is -2.16. The Kier molecular flexibility index (Phi) is 2.57. The molecule has 2 heterocycles. The predicted octanol–water partition coefficient (Wildman–Crippen LogP) is 0.552. The molecule has 78 valence electrons. The van der Waals surface area contributed by atoms with E-state index in [1.807, 2.05) is 6.92 Å². The van der Waals surface area contributed by atoms with Crippen LogP contribution in [0.2, 0.25) is 0 Å². The van der Waals surface area contributed by atoms with E-state index in [0.717, 1.165) is 4.88 Å². The van der Waals surface area contributed by atoms with Gasteiger partial charge in [-0.2, -0.15) is 0 Å². The van der Waals surface area contributed by atoms with Crippen LogP contribution >= 0.6 is 11.3 Å². The van der Waals surface area contributed by atoms with Gasteiger partial charge < -0.3 is 14.9 Å². The van der Waals surface area contributed by atoms with Gasteiger partial charge in [0, 0.05) is 17.9 Å². The van der Waals surface area contributed by atoms with E-state index in [-0.39, 0.29) is 6.61 Å². The number of aryl methyl sites for hydroxylation is 1. The molecule has 1 unspecified atom stereocenters. The fourth-order valence-electron chi connectivity index (χ4n) is 1.50. The lowest BCUT2D eigenvalue weighted by Crippen LogP contribution is -2.25. The minimum atomic E-state index is -0.928. The van der Waals surface area contributed by atoms with Crippen molar-refractivity contribution in [2.24, 2.45) is 0 Å². The molecule has 14 heavy (non-hydrogen) atoms. The minimum absolute atomic E-state index is 0.0702. The smallest absolute Gasteiger partial charge is 0.141 e. The second kappa shape index (κ2) is 3.58. The average Bonchev–Trinajstić information content (AvgIpc) is 2.73. The molecule has 0 aliphatic carbocycles. The van der Waals surface area contributed by atoms with Crippen molar-refractivity contribution in [3.63, 3.8) is 0 Å². The highest BCUT2D eigenvalue weighted by Crippen LogP contribution is 2.34. The van der Waals surface area contributed by atoms with E-state index in [9.17, 15) is 5.11 Å². The molecule has 1 saturated heterocycles. The van der Waals surface area contributed by atoms with Gasteiger partial charge in [0.05, 0.1) is 18.9 Å². The van der Waals surface area contributed by atoms with Gasteiger partial charge in [-0.25, -0.2) is 4.98 Å². The lowest BCUT2D eigenvalue weighted by molar-refractivity contribution is 0.0228. The Labute approximate surface area is 86.2 Å². The Hall–Kier alpha value is -0.490. The predicted molar refractivity (Wildman–Crippen MR) is 52.1 cm³/mol. The van der Waals surface area contributed by atoms with Crippen LogP contribution in [0.5, 0.6) is 0 Å². The first-order valence-electron chi connectivity index (χ1n) is 4.53. The molecule has 0 spiro atoms. The van der Waals surface area contributed by atoms with E-state index < -0.39 is 5.60 Å². The number of aliphatic hydroxyl groups is 2. The van der Waals surface area contributed by atoms with Crippen LogP contribution in [0.25, 0.3) is 0 Å². The van der Waals surface area contributed by atoms with Gasteiger partial charge in [0.1, 0.15) is 10.6 Å². The van der Waals surface area contributed by atoms with Gasteiger partial charge in [0.15, 0.2) is 0 Å². The van der Waals surface area contributed by atoms with E-state index in [0.29, 0.717) is 30.3 Å². The van der Waals surface area contributed by atoms with Crippen LogP contribution in [0.15, 0.2) is 0 Å². The zero-order valence-electron chi connectivity index (χ0n) is 7.99. The zero-order chi connectivity index (χ0) is 10.2. The number of rotatable bonds is 2. The molecule has 1 atom stereocenters. The molecule has 0 bridgehead atoms.